The summed E-state index contributed by atoms with van der Waals surface area (Å²) in [5, 5.41) is 3.84. The van der Waals surface area contributed by atoms with E-state index in [4.69, 9.17) is 14.0 Å². The van der Waals surface area contributed by atoms with Crippen LogP contribution >= 0.6 is 0 Å². The van der Waals surface area contributed by atoms with Gasteiger partial charge in [-0.25, -0.2) is 4.39 Å². The summed E-state index contributed by atoms with van der Waals surface area (Å²) in [5.41, 5.74) is 1.17. The van der Waals surface area contributed by atoms with Gasteiger partial charge in [-0.1, -0.05) is 5.16 Å². The number of carbonyl (C=O) groups is 1. The molecule has 0 amide bonds. The van der Waals surface area contributed by atoms with Crippen molar-refractivity contribution in [3.8, 4) is 22.9 Å². The Morgan fingerprint density at radius 1 is 1.16 bits per heavy atom. The van der Waals surface area contributed by atoms with E-state index in [0.717, 1.165) is 0 Å². The molecule has 7 heteroatoms. The summed E-state index contributed by atoms with van der Waals surface area (Å²) < 4.78 is 28.9. The van der Waals surface area contributed by atoms with Crippen LogP contribution in [0.3, 0.4) is 0 Å². The zero-order valence-corrected chi connectivity index (χ0v) is 13.7. The number of methoxy groups -OCH3 is 1. The van der Waals surface area contributed by atoms with Gasteiger partial charge in [0.2, 0.25) is 5.82 Å². The Hall–Kier alpha value is -3.22. The second-order valence-electron chi connectivity index (χ2n) is 5.23. The normalized spacial score (nSPS) is 10.5. The van der Waals surface area contributed by atoms with Crippen molar-refractivity contribution in [2.45, 2.75) is 13.5 Å². The fourth-order valence-corrected chi connectivity index (χ4v) is 2.18. The van der Waals surface area contributed by atoms with Crippen LogP contribution in [0.5, 0.6) is 11.5 Å². The molecule has 1 aromatic heterocycles. The third kappa shape index (κ3) is 3.82. The third-order valence-electron chi connectivity index (χ3n) is 3.49. The molecule has 0 saturated heterocycles. The SMILES string of the molecule is COc1cc(C(C)=O)ccc1OCc1nc(-c2ccc(F)cc2)no1. The van der Waals surface area contributed by atoms with E-state index in [1.54, 1.807) is 30.3 Å². The van der Waals surface area contributed by atoms with Gasteiger partial charge in [-0.2, -0.15) is 4.98 Å². The Morgan fingerprint density at radius 3 is 2.60 bits per heavy atom. The van der Waals surface area contributed by atoms with Crippen LogP contribution < -0.4 is 9.47 Å². The topological polar surface area (TPSA) is 74.5 Å². The molecule has 0 aliphatic heterocycles. The smallest absolute Gasteiger partial charge is 0.264 e. The molecule has 6 nitrogen and oxygen atoms in total. The van der Waals surface area contributed by atoms with E-state index in [-0.39, 0.29) is 24.1 Å². The van der Waals surface area contributed by atoms with E-state index in [1.807, 2.05) is 0 Å². The molecule has 0 bridgehead atoms. The van der Waals surface area contributed by atoms with Crippen LogP contribution in [-0.4, -0.2) is 23.0 Å². The number of halogens is 1. The maximum Gasteiger partial charge on any atom is 0.264 e. The molecule has 0 aliphatic carbocycles. The van der Waals surface area contributed by atoms with Gasteiger partial charge >= 0.3 is 0 Å². The molecule has 3 rings (SSSR count). The van der Waals surface area contributed by atoms with E-state index in [9.17, 15) is 9.18 Å². The Bertz CT molecular complexity index is 890. The van der Waals surface area contributed by atoms with E-state index >= 15 is 0 Å². The van der Waals surface area contributed by atoms with Crippen LogP contribution in [0.2, 0.25) is 0 Å². The second kappa shape index (κ2) is 7.12. The molecule has 25 heavy (non-hydrogen) atoms. The molecule has 1 heterocycles. The lowest BCUT2D eigenvalue weighted by Crippen LogP contribution is -2.00. The quantitative estimate of drug-likeness (QED) is 0.636. The first-order chi connectivity index (χ1) is 12.1. The van der Waals surface area contributed by atoms with Crippen molar-refractivity contribution >= 4 is 5.78 Å². The number of aromatic nitrogens is 2. The molecule has 0 aliphatic rings. The summed E-state index contributed by atoms with van der Waals surface area (Å²) in [6.07, 6.45) is 0. The van der Waals surface area contributed by atoms with E-state index < -0.39 is 0 Å². The van der Waals surface area contributed by atoms with Crippen molar-refractivity contribution in [3.63, 3.8) is 0 Å². The van der Waals surface area contributed by atoms with Crippen molar-refractivity contribution in [2.75, 3.05) is 7.11 Å². The number of hydrogen-bond acceptors (Lipinski definition) is 6. The number of nitrogens with zero attached hydrogens (tertiary/aromatic N) is 2. The predicted molar refractivity (Wildman–Crippen MR) is 87.0 cm³/mol. The number of benzene rings is 2. The van der Waals surface area contributed by atoms with Gasteiger partial charge in [0.1, 0.15) is 5.82 Å². The first-order valence-electron chi connectivity index (χ1n) is 7.47. The molecule has 128 valence electrons. The Kier molecular flexibility index (Phi) is 4.74. The summed E-state index contributed by atoms with van der Waals surface area (Å²) >= 11 is 0. The highest BCUT2D eigenvalue weighted by Gasteiger charge is 2.12. The first kappa shape index (κ1) is 16.6. The summed E-state index contributed by atoms with van der Waals surface area (Å²) in [6.45, 7) is 1.51. The highest BCUT2D eigenvalue weighted by molar-refractivity contribution is 5.94. The first-order valence-corrected chi connectivity index (χ1v) is 7.47. The molecule has 0 atom stereocenters. The van der Waals surface area contributed by atoms with Crippen molar-refractivity contribution in [1.82, 2.24) is 10.1 Å². The van der Waals surface area contributed by atoms with Crippen LogP contribution in [-0.2, 0) is 6.61 Å². The summed E-state index contributed by atoms with van der Waals surface area (Å²) in [6, 6.07) is 10.7. The van der Waals surface area contributed by atoms with Crippen LogP contribution in [0.15, 0.2) is 47.0 Å². The maximum absolute atomic E-state index is 12.9. The molecule has 0 saturated carbocycles. The fourth-order valence-electron chi connectivity index (χ4n) is 2.18. The van der Waals surface area contributed by atoms with Gasteiger partial charge in [0.05, 0.1) is 7.11 Å². The standard InChI is InChI=1S/C18H15FN2O4/c1-11(22)13-5-8-15(16(9-13)23-2)24-10-17-20-18(21-25-17)12-3-6-14(19)7-4-12/h3-9H,10H2,1-2H3. The van der Waals surface area contributed by atoms with Crippen molar-refractivity contribution in [1.29, 1.82) is 0 Å². The largest absolute Gasteiger partial charge is 0.493 e. The molecule has 3 aromatic rings. The third-order valence-corrected chi connectivity index (χ3v) is 3.49. The number of carbonyl (C=O) groups excluding carboxylic acids is 1. The minimum absolute atomic E-state index is 0.0317. The van der Waals surface area contributed by atoms with Crippen LogP contribution in [0, 0.1) is 5.82 Å². The average Bonchev–Trinajstić information content (AvgIpc) is 3.09. The predicted octanol–water partition coefficient (Wildman–Crippen LogP) is 3.67. The lowest BCUT2D eigenvalue weighted by Gasteiger charge is -2.09. The van der Waals surface area contributed by atoms with Gasteiger partial charge in [-0.15, -0.1) is 0 Å². The Labute approximate surface area is 143 Å². The zero-order chi connectivity index (χ0) is 17.8. The number of ketones is 1. The lowest BCUT2D eigenvalue weighted by molar-refractivity contribution is 0.101. The molecule has 0 spiro atoms. The number of rotatable bonds is 6. The van der Waals surface area contributed by atoms with E-state index in [0.29, 0.717) is 28.5 Å². The van der Waals surface area contributed by atoms with Crippen LogP contribution in [0.4, 0.5) is 4.39 Å². The van der Waals surface area contributed by atoms with Crippen LogP contribution in [0.1, 0.15) is 23.2 Å². The summed E-state index contributed by atoms with van der Waals surface area (Å²) in [4.78, 5) is 15.6. The van der Waals surface area contributed by atoms with Crippen molar-refractivity contribution in [3.05, 3.63) is 59.7 Å². The Balaban J connectivity index is 1.72. The van der Waals surface area contributed by atoms with E-state index in [1.165, 1.54) is 26.2 Å². The highest BCUT2D eigenvalue weighted by atomic mass is 19.1. The number of ether oxygens (including phenoxy) is 2. The molecule has 0 N–H and O–H groups in total. The highest BCUT2D eigenvalue weighted by Crippen LogP contribution is 2.29. The number of Topliss-reactive ketones (excluding diaryl/α,β-unsaturated/α-hetero) is 1. The summed E-state index contributed by atoms with van der Waals surface area (Å²) in [7, 11) is 1.49. The summed E-state index contributed by atoms with van der Waals surface area (Å²) in [5.74, 6) is 1.09. The van der Waals surface area contributed by atoms with Gasteiger partial charge in [-0.05, 0) is 49.4 Å². The van der Waals surface area contributed by atoms with Crippen molar-refractivity contribution in [2.24, 2.45) is 0 Å². The lowest BCUT2D eigenvalue weighted by atomic mass is 10.1. The van der Waals surface area contributed by atoms with Gasteiger partial charge in [0.25, 0.3) is 5.89 Å². The van der Waals surface area contributed by atoms with Crippen molar-refractivity contribution < 1.29 is 23.2 Å². The molecule has 0 radical (unpaired) electrons. The molecule has 2 aromatic carbocycles. The zero-order valence-electron chi connectivity index (χ0n) is 13.7. The van der Waals surface area contributed by atoms with Gasteiger partial charge in [0, 0.05) is 11.1 Å². The van der Waals surface area contributed by atoms with Gasteiger partial charge < -0.3 is 14.0 Å². The fraction of sp³-hybridized carbons (Fsp3) is 0.167. The second-order valence-corrected chi connectivity index (χ2v) is 5.23. The maximum atomic E-state index is 12.9. The number of hydrogen-bond donors (Lipinski definition) is 0. The molecule has 0 unspecified atom stereocenters. The average molecular weight is 342 g/mol. The monoisotopic (exact) mass is 342 g/mol. The Morgan fingerprint density at radius 2 is 1.92 bits per heavy atom. The minimum Gasteiger partial charge on any atom is -0.493 e. The minimum atomic E-state index is -0.336. The molecule has 0 fully saturated rings. The van der Waals surface area contributed by atoms with Crippen LogP contribution in [0.25, 0.3) is 11.4 Å². The van der Waals surface area contributed by atoms with E-state index in [2.05, 4.69) is 10.1 Å². The molecular formula is C18H15FN2O4. The van der Waals surface area contributed by atoms with Gasteiger partial charge in [0.15, 0.2) is 23.9 Å². The van der Waals surface area contributed by atoms with Gasteiger partial charge in [-0.3, -0.25) is 4.79 Å². The molecular weight excluding hydrogens is 327 g/mol.